The molecule has 2 rings (SSSR count). The van der Waals surface area contributed by atoms with Crippen LogP contribution < -0.4 is 5.32 Å². The standard InChI is InChI=1S/C14H19BrN2O.ClH/c1-2-8-17(13-6-7-16-10-13)14(18)11-4-3-5-12(15)9-11;/h3-5,9,13,16H,2,6-8,10H2,1H3;1H. The van der Waals surface area contributed by atoms with Gasteiger partial charge in [-0.2, -0.15) is 0 Å². The largest absolute Gasteiger partial charge is 0.334 e. The van der Waals surface area contributed by atoms with Gasteiger partial charge in [0.2, 0.25) is 0 Å². The summed E-state index contributed by atoms with van der Waals surface area (Å²) in [5, 5.41) is 3.33. The Morgan fingerprint density at radius 1 is 1.53 bits per heavy atom. The molecule has 0 aliphatic carbocycles. The highest BCUT2D eigenvalue weighted by Crippen LogP contribution is 2.17. The fraction of sp³-hybridized carbons (Fsp3) is 0.500. The van der Waals surface area contributed by atoms with E-state index in [4.69, 9.17) is 0 Å². The second-order valence-electron chi connectivity index (χ2n) is 4.66. The average molecular weight is 348 g/mol. The highest BCUT2D eigenvalue weighted by molar-refractivity contribution is 9.10. The van der Waals surface area contributed by atoms with Crippen molar-refractivity contribution in [2.24, 2.45) is 0 Å². The summed E-state index contributed by atoms with van der Waals surface area (Å²) >= 11 is 3.42. The van der Waals surface area contributed by atoms with Crippen LogP contribution in [0.25, 0.3) is 0 Å². The van der Waals surface area contributed by atoms with Crippen LogP contribution in [0.15, 0.2) is 28.7 Å². The maximum absolute atomic E-state index is 12.6. The lowest BCUT2D eigenvalue weighted by atomic mass is 10.1. The summed E-state index contributed by atoms with van der Waals surface area (Å²) in [5.41, 5.74) is 0.768. The second-order valence-corrected chi connectivity index (χ2v) is 5.57. The van der Waals surface area contributed by atoms with Gasteiger partial charge in [0.15, 0.2) is 0 Å². The molecular weight excluding hydrogens is 328 g/mol. The summed E-state index contributed by atoms with van der Waals surface area (Å²) in [6.07, 6.45) is 2.05. The maximum atomic E-state index is 12.6. The first-order valence-electron chi connectivity index (χ1n) is 6.49. The molecule has 1 amide bonds. The van der Waals surface area contributed by atoms with Crippen molar-refractivity contribution in [1.29, 1.82) is 0 Å². The van der Waals surface area contributed by atoms with Crippen LogP contribution in [-0.4, -0.2) is 36.5 Å². The molecule has 1 heterocycles. The Morgan fingerprint density at radius 2 is 2.32 bits per heavy atom. The first kappa shape index (κ1) is 16.5. The van der Waals surface area contributed by atoms with E-state index in [9.17, 15) is 4.79 Å². The number of halogens is 2. The lowest BCUT2D eigenvalue weighted by Crippen LogP contribution is -2.42. The lowest BCUT2D eigenvalue weighted by molar-refractivity contribution is 0.0692. The second kappa shape index (κ2) is 7.88. The van der Waals surface area contributed by atoms with Gasteiger partial charge >= 0.3 is 0 Å². The summed E-state index contributed by atoms with van der Waals surface area (Å²) in [4.78, 5) is 14.6. The van der Waals surface area contributed by atoms with Crippen molar-refractivity contribution in [2.75, 3.05) is 19.6 Å². The van der Waals surface area contributed by atoms with Gasteiger partial charge in [-0.3, -0.25) is 4.79 Å². The van der Waals surface area contributed by atoms with Crippen LogP contribution >= 0.6 is 28.3 Å². The topological polar surface area (TPSA) is 32.3 Å². The van der Waals surface area contributed by atoms with Crippen molar-refractivity contribution in [3.8, 4) is 0 Å². The van der Waals surface area contributed by atoms with Crippen molar-refractivity contribution >= 4 is 34.2 Å². The van der Waals surface area contributed by atoms with Gasteiger partial charge in [-0.25, -0.2) is 0 Å². The average Bonchev–Trinajstić information content (AvgIpc) is 2.89. The van der Waals surface area contributed by atoms with Crippen molar-refractivity contribution < 1.29 is 4.79 Å². The summed E-state index contributed by atoms with van der Waals surface area (Å²) < 4.78 is 0.953. The van der Waals surface area contributed by atoms with Gasteiger partial charge in [0, 0.05) is 29.2 Å². The van der Waals surface area contributed by atoms with E-state index in [2.05, 4.69) is 28.2 Å². The predicted octanol–water partition coefficient (Wildman–Crippen LogP) is 3.09. The SMILES string of the molecule is CCCN(C(=O)c1cccc(Br)c1)C1CCNC1.Cl. The summed E-state index contributed by atoms with van der Waals surface area (Å²) in [6, 6.07) is 7.98. The zero-order valence-corrected chi connectivity index (χ0v) is 13.5. The number of benzene rings is 1. The van der Waals surface area contributed by atoms with Gasteiger partial charge in [-0.05, 0) is 37.6 Å². The normalized spacial score (nSPS) is 17.9. The molecular formula is C14H20BrClN2O. The minimum atomic E-state index is 0. The van der Waals surface area contributed by atoms with Crippen molar-refractivity contribution in [3.05, 3.63) is 34.3 Å². The maximum Gasteiger partial charge on any atom is 0.254 e. The van der Waals surface area contributed by atoms with Crippen LogP contribution in [-0.2, 0) is 0 Å². The van der Waals surface area contributed by atoms with E-state index in [0.717, 1.165) is 42.5 Å². The van der Waals surface area contributed by atoms with Gasteiger partial charge in [-0.15, -0.1) is 12.4 Å². The molecule has 1 fully saturated rings. The third-order valence-corrected chi connectivity index (χ3v) is 3.77. The van der Waals surface area contributed by atoms with E-state index in [1.54, 1.807) is 0 Å². The molecule has 106 valence electrons. The zero-order chi connectivity index (χ0) is 13.0. The molecule has 0 aromatic heterocycles. The number of nitrogens with zero attached hydrogens (tertiary/aromatic N) is 1. The number of amides is 1. The van der Waals surface area contributed by atoms with Gasteiger partial charge in [0.25, 0.3) is 5.91 Å². The minimum absolute atomic E-state index is 0. The van der Waals surface area contributed by atoms with Crippen LogP contribution in [0.5, 0.6) is 0 Å². The predicted molar refractivity (Wildman–Crippen MR) is 84.0 cm³/mol. The zero-order valence-electron chi connectivity index (χ0n) is 11.1. The third kappa shape index (κ3) is 4.20. The van der Waals surface area contributed by atoms with E-state index in [1.807, 2.05) is 29.2 Å². The smallest absolute Gasteiger partial charge is 0.254 e. The number of hydrogen-bond acceptors (Lipinski definition) is 2. The number of nitrogens with one attached hydrogen (secondary N) is 1. The first-order chi connectivity index (χ1) is 8.72. The van der Waals surface area contributed by atoms with Crippen LogP contribution in [0.2, 0.25) is 0 Å². The number of rotatable bonds is 4. The fourth-order valence-corrected chi connectivity index (χ4v) is 2.78. The molecule has 0 bridgehead atoms. The summed E-state index contributed by atoms with van der Waals surface area (Å²) in [6.45, 7) is 4.87. The molecule has 1 unspecified atom stereocenters. The Bertz CT molecular complexity index is 422. The monoisotopic (exact) mass is 346 g/mol. The van der Waals surface area contributed by atoms with Crippen LogP contribution in [0.3, 0.4) is 0 Å². The molecule has 0 saturated carbocycles. The number of hydrogen-bond donors (Lipinski definition) is 1. The molecule has 1 atom stereocenters. The van der Waals surface area contributed by atoms with E-state index in [1.165, 1.54) is 0 Å². The molecule has 1 aliphatic rings. The Hall–Kier alpha value is -0.580. The molecule has 19 heavy (non-hydrogen) atoms. The molecule has 1 aromatic rings. The Kier molecular flexibility index (Phi) is 6.83. The van der Waals surface area contributed by atoms with Crippen LogP contribution in [0.4, 0.5) is 0 Å². The molecule has 5 heteroatoms. The Morgan fingerprint density at radius 3 is 2.89 bits per heavy atom. The quantitative estimate of drug-likeness (QED) is 0.908. The highest BCUT2D eigenvalue weighted by Gasteiger charge is 2.26. The lowest BCUT2D eigenvalue weighted by Gasteiger charge is -2.28. The molecule has 3 nitrogen and oxygen atoms in total. The number of carbonyl (C=O) groups excluding carboxylic acids is 1. The van der Waals surface area contributed by atoms with Crippen LogP contribution in [0, 0.1) is 0 Å². The van der Waals surface area contributed by atoms with Gasteiger partial charge in [0.1, 0.15) is 0 Å². The molecule has 1 N–H and O–H groups in total. The van der Waals surface area contributed by atoms with E-state index < -0.39 is 0 Å². The Balaban J connectivity index is 0.00000180. The molecule has 0 radical (unpaired) electrons. The van der Waals surface area contributed by atoms with E-state index >= 15 is 0 Å². The third-order valence-electron chi connectivity index (χ3n) is 3.27. The van der Waals surface area contributed by atoms with Crippen molar-refractivity contribution in [3.63, 3.8) is 0 Å². The van der Waals surface area contributed by atoms with E-state index in [0.29, 0.717) is 6.04 Å². The summed E-state index contributed by atoms with van der Waals surface area (Å²) in [5.74, 6) is 0.145. The Labute approximate surface area is 129 Å². The minimum Gasteiger partial charge on any atom is -0.334 e. The first-order valence-corrected chi connectivity index (χ1v) is 7.29. The number of carbonyl (C=O) groups is 1. The molecule has 1 saturated heterocycles. The highest BCUT2D eigenvalue weighted by atomic mass is 79.9. The van der Waals surface area contributed by atoms with E-state index in [-0.39, 0.29) is 18.3 Å². The van der Waals surface area contributed by atoms with Crippen LogP contribution in [0.1, 0.15) is 30.1 Å². The van der Waals surface area contributed by atoms with Crippen molar-refractivity contribution in [1.82, 2.24) is 10.2 Å². The van der Waals surface area contributed by atoms with Gasteiger partial charge in [0.05, 0.1) is 0 Å². The van der Waals surface area contributed by atoms with Gasteiger partial charge in [-0.1, -0.05) is 28.9 Å². The fourth-order valence-electron chi connectivity index (χ4n) is 2.38. The molecule has 0 spiro atoms. The molecule has 1 aliphatic heterocycles. The van der Waals surface area contributed by atoms with Crippen molar-refractivity contribution in [2.45, 2.75) is 25.8 Å². The summed E-state index contributed by atoms with van der Waals surface area (Å²) in [7, 11) is 0. The molecule has 1 aromatic carbocycles. The van der Waals surface area contributed by atoms with Gasteiger partial charge < -0.3 is 10.2 Å².